The summed E-state index contributed by atoms with van der Waals surface area (Å²) in [7, 11) is 0. The molecule has 0 spiro atoms. The summed E-state index contributed by atoms with van der Waals surface area (Å²) in [6.07, 6.45) is 1.77. The number of hydrogen-bond donors (Lipinski definition) is 2. The van der Waals surface area contributed by atoms with Crippen molar-refractivity contribution in [3.63, 3.8) is 0 Å². The molecule has 1 fully saturated rings. The van der Waals surface area contributed by atoms with Gasteiger partial charge in [0.1, 0.15) is 5.60 Å². The quantitative estimate of drug-likeness (QED) is 0.839. The molecule has 1 aliphatic heterocycles. The number of rotatable bonds is 6. The van der Waals surface area contributed by atoms with Gasteiger partial charge < -0.3 is 15.2 Å². The van der Waals surface area contributed by atoms with Gasteiger partial charge in [0.2, 0.25) is 0 Å². The molecule has 1 aromatic carbocycles. The maximum atomic E-state index is 10.3. The zero-order valence-electron chi connectivity index (χ0n) is 12.9. The van der Waals surface area contributed by atoms with Crippen LogP contribution in [0.5, 0.6) is 0 Å². The maximum absolute atomic E-state index is 10.3. The van der Waals surface area contributed by atoms with Gasteiger partial charge in [-0.05, 0) is 24.3 Å². The van der Waals surface area contributed by atoms with Gasteiger partial charge in [-0.3, -0.25) is 0 Å². The van der Waals surface area contributed by atoms with Crippen molar-refractivity contribution in [1.82, 2.24) is 5.32 Å². The lowest BCUT2D eigenvalue weighted by Gasteiger charge is -2.31. The summed E-state index contributed by atoms with van der Waals surface area (Å²) in [5.74, 6) is 0. The van der Waals surface area contributed by atoms with E-state index in [1.54, 1.807) is 0 Å². The van der Waals surface area contributed by atoms with Crippen molar-refractivity contribution in [3.8, 4) is 0 Å². The van der Waals surface area contributed by atoms with Crippen LogP contribution in [0.25, 0.3) is 0 Å². The van der Waals surface area contributed by atoms with E-state index in [1.807, 2.05) is 0 Å². The van der Waals surface area contributed by atoms with E-state index in [0.29, 0.717) is 25.8 Å². The molecule has 1 aromatic rings. The zero-order valence-corrected chi connectivity index (χ0v) is 12.9. The molecule has 0 saturated carbocycles. The van der Waals surface area contributed by atoms with Crippen LogP contribution in [0.15, 0.2) is 30.3 Å². The molecule has 20 heavy (non-hydrogen) atoms. The number of benzene rings is 1. The van der Waals surface area contributed by atoms with Crippen molar-refractivity contribution in [2.75, 3.05) is 19.8 Å². The van der Waals surface area contributed by atoms with E-state index in [-0.39, 0.29) is 5.41 Å². The predicted octanol–water partition coefficient (Wildman–Crippen LogP) is 2.48. The van der Waals surface area contributed by atoms with Crippen LogP contribution in [-0.2, 0) is 10.2 Å². The van der Waals surface area contributed by atoms with Crippen molar-refractivity contribution in [2.45, 2.75) is 50.7 Å². The van der Waals surface area contributed by atoms with Crippen LogP contribution < -0.4 is 5.32 Å². The highest BCUT2D eigenvalue weighted by Crippen LogP contribution is 2.28. The third kappa shape index (κ3) is 4.05. The predicted molar refractivity (Wildman–Crippen MR) is 81.9 cm³/mol. The van der Waals surface area contributed by atoms with Crippen LogP contribution in [0.1, 0.15) is 39.2 Å². The molecule has 1 aliphatic rings. The second-order valence-electron chi connectivity index (χ2n) is 6.76. The molecule has 2 N–H and O–H groups in total. The Bertz CT molecular complexity index is 410. The Morgan fingerprint density at radius 3 is 2.65 bits per heavy atom. The first-order valence-electron chi connectivity index (χ1n) is 7.50. The summed E-state index contributed by atoms with van der Waals surface area (Å²) >= 11 is 0. The summed E-state index contributed by atoms with van der Waals surface area (Å²) in [5.41, 5.74) is 0.810. The van der Waals surface area contributed by atoms with E-state index in [4.69, 9.17) is 4.74 Å². The van der Waals surface area contributed by atoms with Gasteiger partial charge in [-0.1, -0.05) is 44.2 Å². The van der Waals surface area contributed by atoms with E-state index in [9.17, 15) is 5.11 Å². The molecule has 3 heteroatoms. The highest BCUT2D eigenvalue weighted by atomic mass is 16.5. The first-order chi connectivity index (χ1) is 9.41. The molecule has 0 bridgehead atoms. The first kappa shape index (κ1) is 15.5. The Morgan fingerprint density at radius 2 is 2.05 bits per heavy atom. The molecule has 0 aromatic heterocycles. The fourth-order valence-electron chi connectivity index (χ4n) is 2.94. The van der Waals surface area contributed by atoms with Crippen molar-refractivity contribution in [3.05, 3.63) is 35.9 Å². The highest BCUT2D eigenvalue weighted by molar-refractivity contribution is 5.23. The lowest BCUT2D eigenvalue weighted by molar-refractivity contribution is 0.0245. The van der Waals surface area contributed by atoms with Crippen LogP contribution in [-0.4, -0.2) is 36.5 Å². The number of ether oxygens (including phenoxy) is 1. The van der Waals surface area contributed by atoms with Crippen LogP contribution in [0.3, 0.4) is 0 Å². The topological polar surface area (TPSA) is 41.5 Å². The SMILES string of the molecule is C[C@H](CC(C)(C)c1ccccc1)NC[C@]1(O)CCOC1. The van der Waals surface area contributed by atoms with Crippen LogP contribution in [0, 0.1) is 0 Å². The number of hydrogen-bond acceptors (Lipinski definition) is 3. The summed E-state index contributed by atoms with van der Waals surface area (Å²) in [6.45, 7) is 8.46. The number of aliphatic hydroxyl groups is 1. The van der Waals surface area contributed by atoms with Crippen molar-refractivity contribution in [2.24, 2.45) is 0 Å². The van der Waals surface area contributed by atoms with Crippen molar-refractivity contribution in [1.29, 1.82) is 0 Å². The molecule has 0 unspecified atom stereocenters. The monoisotopic (exact) mass is 277 g/mol. The van der Waals surface area contributed by atoms with Gasteiger partial charge in [0.25, 0.3) is 0 Å². The van der Waals surface area contributed by atoms with Gasteiger partial charge in [0.05, 0.1) is 6.61 Å². The Hall–Kier alpha value is -0.900. The van der Waals surface area contributed by atoms with Crippen molar-refractivity contribution >= 4 is 0 Å². The van der Waals surface area contributed by atoms with E-state index >= 15 is 0 Å². The van der Waals surface area contributed by atoms with Gasteiger partial charge in [0, 0.05) is 25.6 Å². The molecule has 2 atom stereocenters. The molecule has 112 valence electrons. The minimum absolute atomic E-state index is 0.127. The second-order valence-corrected chi connectivity index (χ2v) is 6.76. The van der Waals surface area contributed by atoms with E-state index < -0.39 is 5.60 Å². The Labute approximate surface area is 122 Å². The van der Waals surface area contributed by atoms with Crippen molar-refractivity contribution < 1.29 is 9.84 Å². The molecule has 1 heterocycles. The number of nitrogens with one attached hydrogen (secondary N) is 1. The highest BCUT2D eigenvalue weighted by Gasteiger charge is 2.32. The summed E-state index contributed by atoms with van der Waals surface area (Å²) in [6, 6.07) is 11.0. The van der Waals surface area contributed by atoms with Gasteiger partial charge in [-0.25, -0.2) is 0 Å². The molecule has 0 radical (unpaired) electrons. The third-order valence-corrected chi connectivity index (χ3v) is 4.23. The standard InChI is InChI=1S/C17H27NO2/c1-14(18-12-17(19)9-10-20-13-17)11-16(2,3)15-7-5-4-6-8-15/h4-8,14,18-19H,9-13H2,1-3H3/t14-,17-/m1/s1. The minimum atomic E-state index is -0.675. The molecular formula is C17H27NO2. The largest absolute Gasteiger partial charge is 0.386 e. The second kappa shape index (κ2) is 6.25. The van der Waals surface area contributed by atoms with Crippen LogP contribution >= 0.6 is 0 Å². The first-order valence-corrected chi connectivity index (χ1v) is 7.50. The lowest BCUT2D eigenvalue weighted by Crippen LogP contribution is -2.45. The van der Waals surface area contributed by atoms with Crippen LogP contribution in [0.2, 0.25) is 0 Å². The van der Waals surface area contributed by atoms with Gasteiger partial charge in [-0.2, -0.15) is 0 Å². The molecular weight excluding hydrogens is 250 g/mol. The Balaban J connectivity index is 1.86. The third-order valence-electron chi connectivity index (χ3n) is 4.23. The molecule has 3 nitrogen and oxygen atoms in total. The molecule has 1 saturated heterocycles. The normalized spacial score (nSPS) is 24.8. The lowest BCUT2D eigenvalue weighted by atomic mass is 9.79. The van der Waals surface area contributed by atoms with E-state index in [1.165, 1.54) is 5.56 Å². The molecule has 0 amide bonds. The fraction of sp³-hybridized carbons (Fsp3) is 0.647. The van der Waals surface area contributed by atoms with Gasteiger partial charge in [-0.15, -0.1) is 0 Å². The van der Waals surface area contributed by atoms with E-state index in [0.717, 1.165) is 12.8 Å². The smallest absolute Gasteiger partial charge is 0.102 e. The Morgan fingerprint density at radius 1 is 1.35 bits per heavy atom. The van der Waals surface area contributed by atoms with Crippen LogP contribution in [0.4, 0.5) is 0 Å². The average Bonchev–Trinajstić information content (AvgIpc) is 2.85. The van der Waals surface area contributed by atoms with E-state index in [2.05, 4.69) is 56.4 Å². The summed E-state index contributed by atoms with van der Waals surface area (Å²) in [4.78, 5) is 0. The average molecular weight is 277 g/mol. The van der Waals surface area contributed by atoms with Gasteiger partial charge in [0.15, 0.2) is 0 Å². The Kier molecular flexibility index (Phi) is 4.84. The fourth-order valence-corrected chi connectivity index (χ4v) is 2.94. The summed E-state index contributed by atoms with van der Waals surface area (Å²) in [5, 5.41) is 13.7. The summed E-state index contributed by atoms with van der Waals surface area (Å²) < 4.78 is 5.27. The zero-order chi connectivity index (χ0) is 14.6. The molecule has 2 rings (SSSR count). The molecule has 0 aliphatic carbocycles. The maximum Gasteiger partial charge on any atom is 0.102 e. The van der Waals surface area contributed by atoms with Gasteiger partial charge >= 0.3 is 0 Å². The minimum Gasteiger partial charge on any atom is -0.386 e.